The Bertz CT molecular complexity index is 332. The van der Waals surface area contributed by atoms with E-state index in [0.29, 0.717) is 18.6 Å². The zero-order valence-corrected chi connectivity index (χ0v) is 8.74. The summed E-state index contributed by atoms with van der Waals surface area (Å²) in [6.07, 6.45) is 4.82. The highest BCUT2D eigenvalue weighted by atomic mass is 16.5. The average molecular weight is 208 g/mol. The van der Waals surface area contributed by atoms with E-state index >= 15 is 0 Å². The smallest absolute Gasteiger partial charge is 0.162 e. The van der Waals surface area contributed by atoms with Crippen LogP contribution in [-0.2, 0) is 9.53 Å². The van der Waals surface area contributed by atoms with Crippen molar-refractivity contribution in [1.29, 1.82) is 0 Å². The minimum atomic E-state index is -0.234. The van der Waals surface area contributed by atoms with Crippen molar-refractivity contribution in [3.63, 3.8) is 0 Å². The van der Waals surface area contributed by atoms with Crippen molar-refractivity contribution < 1.29 is 14.6 Å². The number of hydrogen-bond acceptors (Lipinski definition) is 3. The van der Waals surface area contributed by atoms with Crippen molar-refractivity contribution >= 4 is 5.78 Å². The number of fused-ring (bicyclic) bond motifs is 2. The van der Waals surface area contributed by atoms with Crippen LogP contribution in [0.3, 0.4) is 0 Å². The van der Waals surface area contributed by atoms with Gasteiger partial charge in [0.25, 0.3) is 0 Å². The predicted molar refractivity (Wildman–Crippen MR) is 54.1 cm³/mol. The monoisotopic (exact) mass is 208 g/mol. The number of hydrogen-bond donors (Lipinski definition) is 1. The number of rotatable bonds is 0. The molecule has 1 aliphatic heterocycles. The van der Waals surface area contributed by atoms with Gasteiger partial charge in [-0.1, -0.05) is 0 Å². The zero-order valence-electron chi connectivity index (χ0n) is 8.74. The molecule has 0 bridgehead atoms. The highest BCUT2D eigenvalue weighted by molar-refractivity contribution is 5.97. The molecular weight excluding hydrogens is 192 g/mol. The van der Waals surface area contributed by atoms with Crippen LogP contribution < -0.4 is 0 Å². The number of Topliss-reactive ketones (excluding diaryl/α,β-unsaturated/α-hetero) is 1. The minimum absolute atomic E-state index is 0.0841. The minimum Gasteiger partial charge on any atom is -0.494 e. The number of carbonyl (C=O) groups excluding carboxylic acids is 1. The molecule has 3 rings (SSSR count). The van der Waals surface area contributed by atoms with E-state index < -0.39 is 0 Å². The molecule has 0 spiro atoms. The molecule has 15 heavy (non-hydrogen) atoms. The number of carbonyl (C=O) groups is 1. The average Bonchev–Trinajstić information content (AvgIpc) is 2.56. The zero-order chi connectivity index (χ0) is 10.4. The lowest BCUT2D eigenvalue weighted by Gasteiger charge is -2.28. The van der Waals surface area contributed by atoms with Gasteiger partial charge in [0.05, 0.1) is 6.10 Å². The molecule has 1 fully saturated rings. The molecule has 0 unspecified atom stereocenters. The van der Waals surface area contributed by atoms with Gasteiger partial charge >= 0.3 is 0 Å². The third-order valence-electron chi connectivity index (χ3n) is 3.84. The molecule has 1 heterocycles. The summed E-state index contributed by atoms with van der Waals surface area (Å²) in [6.45, 7) is 0. The van der Waals surface area contributed by atoms with Crippen LogP contribution in [0.2, 0.25) is 0 Å². The summed E-state index contributed by atoms with van der Waals surface area (Å²) in [5.74, 6) is 1.52. The highest BCUT2D eigenvalue weighted by Gasteiger charge is 2.43. The van der Waals surface area contributed by atoms with Crippen LogP contribution in [0.4, 0.5) is 0 Å². The molecule has 1 N–H and O–H groups in total. The SMILES string of the molecule is O=C1CCCC2=C1[C@@H]1CC[C@H](O)C[C@@H]1O2. The first-order valence-electron chi connectivity index (χ1n) is 5.86. The van der Waals surface area contributed by atoms with Crippen LogP contribution in [0.5, 0.6) is 0 Å². The van der Waals surface area contributed by atoms with Gasteiger partial charge in [-0.05, 0) is 19.3 Å². The molecule has 82 valence electrons. The summed E-state index contributed by atoms with van der Waals surface area (Å²) in [7, 11) is 0. The van der Waals surface area contributed by atoms with Crippen LogP contribution in [0.25, 0.3) is 0 Å². The first-order valence-corrected chi connectivity index (χ1v) is 5.86. The van der Waals surface area contributed by atoms with Gasteiger partial charge in [-0.15, -0.1) is 0 Å². The van der Waals surface area contributed by atoms with Crippen molar-refractivity contribution in [2.24, 2.45) is 5.92 Å². The number of allylic oxidation sites excluding steroid dienone is 1. The largest absolute Gasteiger partial charge is 0.494 e. The summed E-state index contributed by atoms with van der Waals surface area (Å²) < 4.78 is 5.81. The maximum atomic E-state index is 11.8. The molecule has 3 atom stereocenters. The Balaban J connectivity index is 1.88. The van der Waals surface area contributed by atoms with E-state index in [1.165, 1.54) is 0 Å². The normalized spacial score (nSPS) is 39.8. The van der Waals surface area contributed by atoms with E-state index in [2.05, 4.69) is 0 Å². The molecule has 0 aromatic heterocycles. The van der Waals surface area contributed by atoms with Crippen molar-refractivity contribution in [3.8, 4) is 0 Å². The predicted octanol–water partition coefficient (Wildman–Crippen LogP) is 1.55. The number of ketones is 1. The molecule has 0 radical (unpaired) electrons. The second-order valence-corrected chi connectivity index (χ2v) is 4.84. The third-order valence-corrected chi connectivity index (χ3v) is 3.84. The molecule has 0 aromatic rings. The molecule has 0 amide bonds. The van der Waals surface area contributed by atoms with Crippen LogP contribution in [0, 0.1) is 5.92 Å². The molecule has 0 aromatic carbocycles. The topological polar surface area (TPSA) is 46.5 Å². The fourth-order valence-corrected chi connectivity index (χ4v) is 3.12. The first-order chi connectivity index (χ1) is 7.25. The van der Waals surface area contributed by atoms with Crippen LogP contribution in [0.1, 0.15) is 38.5 Å². The van der Waals surface area contributed by atoms with Gasteiger partial charge in [0.15, 0.2) is 5.78 Å². The number of ether oxygens (including phenoxy) is 1. The summed E-state index contributed by atoms with van der Waals surface area (Å²) in [6, 6.07) is 0. The van der Waals surface area contributed by atoms with Crippen LogP contribution in [-0.4, -0.2) is 23.1 Å². The van der Waals surface area contributed by atoms with E-state index in [9.17, 15) is 9.90 Å². The first kappa shape index (κ1) is 9.40. The molecular formula is C12H16O3. The lowest BCUT2D eigenvalue weighted by Crippen LogP contribution is -2.32. The van der Waals surface area contributed by atoms with Gasteiger partial charge in [0.2, 0.25) is 0 Å². The maximum absolute atomic E-state index is 11.8. The summed E-state index contributed by atoms with van der Waals surface area (Å²) in [5.41, 5.74) is 0.971. The van der Waals surface area contributed by atoms with Gasteiger partial charge in [-0.3, -0.25) is 4.79 Å². The highest BCUT2D eigenvalue weighted by Crippen LogP contribution is 2.44. The fraction of sp³-hybridized carbons (Fsp3) is 0.750. The van der Waals surface area contributed by atoms with E-state index in [1.54, 1.807) is 0 Å². The Morgan fingerprint density at radius 1 is 1.27 bits per heavy atom. The third kappa shape index (κ3) is 1.41. The Morgan fingerprint density at radius 3 is 3.00 bits per heavy atom. The molecule has 3 nitrogen and oxygen atoms in total. The fourth-order valence-electron chi connectivity index (χ4n) is 3.12. The van der Waals surface area contributed by atoms with E-state index in [1.807, 2.05) is 0 Å². The second-order valence-electron chi connectivity index (χ2n) is 4.84. The lowest BCUT2D eigenvalue weighted by atomic mass is 9.78. The summed E-state index contributed by atoms with van der Waals surface area (Å²) in [5, 5.41) is 9.57. The Kier molecular flexibility index (Phi) is 2.09. The standard InChI is InChI=1S/C12H16O3/c13-7-4-5-8-11(6-7)15-10-3-1-2-9(14)12(8)10/h7-8,11,13H,1-6H2/t7-,8+,11-/m0/s1. The molecule has 3 heteroatoms. The van der Waals surface area contributed by atoms with E-state index in [0.717, 1.165) is 37.0 Å². The van der Waals surface area contributed by atoms with Crippen LogP contribution in [0.15, 0.2) is 11.3 Å². The Hall–Kier alpha value is -0.830. The molecule has 0 saturated heterocycles. The second kappa shape index (κ2) is 3.34. The number of aliphatic hydroxyl groups is 1. The maximum Gasteiger partial charge on any atom is 0.162 e. The van der Waals surface area contributed by atoms with Crippen molar-refractivity contribution in [1.82, 2.24) is 0 Å². The summed E-state index contributed by atoms with van der Waals surface area (Å²) >= 11 is 0. The van der Waals surface area contributed by atoms with Crippen LogP contribution >= 0.6 is 0 Å². The lowest BCUT2D eigenvalue weighted by molar-refractivity contribution is -0.116. The van der Waals surface area contributed by atoms with Gasteiger partial charge in [0, 0.05) is 30.8 Å². The number of aliphatic hydroxyl groups excluding tert-OH is 1. The van der Waals surface area contributed by atoms with Crippen molar-refractivity contribution in [3.05, 3.63) is 11.3 Å². The van der Waals surface area contributed by atoms with Gasteiger partial charge in [0.1, 0.15) is 11.9 Å². The summed E-state index contributed by atoms with van der Waals surface area (Å²) in [4.78, 5) is 11.8. The van der Waals surface area contributed by atoms with Gasteiger partial charge in [-0.2, -0.15) is 0 Å². The molecule has 1 saturated carbocycles. The van der Waals surface area contributed by atoms with Crippen molar-refractivity contribution in [2.75, 3.05) is 0 Å². The van der Waals surface area contributed by atoms with Gasteiger partial charge < -0.3 is 9.84 Å². The quantitative estimate of drug-likeness (QED) is 0.657. The van der Waals surface area contributed by atoms with Crippen molar-refractivity contribution in [2.45, 2.75) is 50.7 Å². The Labute approximate surface area is 89.1 Å². The Morgan fingerprint density at radius 2 is 2.13 bits per heavy atom. The van der Waals surface area contributed by atoms with E-state index in [-0.39, 0.29) is 18.1 Å². The molecule has 3 aliphatic rings. The van der Waals surface area contributed by atoms with Gasteiger partial charge in [-0.25, -0.2) is 0 Å². The molecule has 2 aliphatic carbocycles. The van der Waals surface area contributed by atoms with E-state index in [4.69, 9.17) is 4.74 Å².